The van der Waals surface area contributed by atoms with Crippen molar-refractivity contribution in [1.29, 1.82) is 0 Å². The van der Waals surface area contributed by atoms with E-state index in [1.54, 1.807) is 18.2 Å². The summed E-state index contributed by atoms with van der Waals surface area (Å²) in [5.74, 6) is -3.16. The first-order valence-electron chi connectivity index (χ1n) is 9.01. The summed E-state index contributed by atoms with van der Waals surface area (Å²) in [4.78, 5) is 15.6. The first-order valence-corrected chi connectivity index (χ1v) is 10.5. The molecule has 0 radical (unpaired) electrons. The number of rotatable bonds is 5. The van der Waals surface area contributed by atoms with Gasteiger partial charge in [0.2, 0.25) is 5.72 Å². The van der Waals surface area contributed by atoms with Crippen LogP contribution in [-0.4, -0.2) is 56.1 Å². The number of anilines is 1. The number of alkyl halides is 1. The summed E-state index contributed by atoms with van der Waals surface area (Å²) < 4.78 is 49.2. The number of phosphoric acid groups is 1. The van der Waals surface area contributed by atoms with Crippen LogP contribution in [0.25, 0.3) is 0 Å². The molecule has 2 aliphatic heterocycles. The quantitative estimate of drug-likeness (QED) is 0.429. The Kier molecular flexibility index (Phi) is 5.38. The van der Waals surface area contributed by atoms with Crippen LogP contribution in [0.1, 0.15) is 5.56 Å². The average Bonchev–Trinajstić information content (AvgIpc) is 2.94. The smallest absolute Gasteiger partial charge is 0.404 e. The van der Waals surface area contributed by atoms with Gasteiger partial charge in [0.15, 0.2) is 0 Å². The highest BCUT2D eigenvalue weighted by Gasteiger charge is 2.65. The van der Waals surface area contributed by atoms with Gasteiger partial charge in [0.1, 0.15) is 30.4 Å². The van der Waals surface area contributed by atoms with Gasteiger partial charge in [-0.15, -0.1) is 0 Å². The molecule has 168 valence electrons. The molecule has 1 aromatic heterocycles. The molecular weight excluding hydrogens is 440 g/mol. The molecule has 2 aliphatic rings. The number of phosphoric ester groups is 1. The van der Waals surface area contributed by atoms with Crippen molar-refractivity contribution in [2.24, 2.45) is 0 Å². The summed E-state index contributed by atoms with van der Waals surface area (Å²) in [5.41, 5.74) is 2.48. The number of hydrogen-bond acceptors (Lipinski definition) is 11. The summed E-state index contributed by atoms with van der Waals surface area (Å²) >= 11 is 0. The number of benzene rings is 1. The second-order valence-electron chi connectivity index (χ2n) is 6.98. The number of aliphatic hydroxyl groups is 3. The predicted octanol–water partition coefficient (Wildman–Crippen LogP) is -0.378. The molecule has 1 saturated heterocycles. The lowest BCUT2D eigenvalue weighted by atomic mass is 10.0. The number of fused-ring (bicyclic) bond motifs is 1. The Morgan fingerprint density at radius 1 is 1.32 bits per heavy atom. The number of nitrogen functional groups attached to an aromatic ring is 1. The van der Waals surface area contributed by atoms with E-state index in [0.29, 0.717) is 10.1 Å². The lowest BCUT2D eigenvalue weighted by Gasteiger charge is -2.32. The number of ether oxygens (including phenoxy) is 1. The maximum atomic E-state index is 15.5. The van der Waals surface area contributed by atoms with E-state index < -0.39 is 50.5 Å². The standard InChI is InChI=1S/C17H19FN3O9P/c18-16(9-28-31(26)27-7-10-3-1-2-4-11(10)29-31)13(23)14(24)17(8-22,30-16)21-6-5-12(19)20-15(21)25/h1-6,13-14,22-24H,7-9H2,(H2,19,20,25)/t13-,14+,16+,17+,31?/m0/s1. The van der Waals surface area contributed by atoms with Crippen LogP contribution in [0.4, 0.5) is 10.2 Å². The van der Waals surface area contributed by atoms with Gasteiger partial charge < -0.3 is 30.3 Å². The van der Waals surface area contributed by atoms with Gasteiger partial charge in [0.25, 0.3) is 5.85 Å². The van der Waals surface area contributed by atoms with Crippen molar-refractivity contribution in [3.05, 3.63) is 52.6 Å². The zero-order valence-corrected chi connectivity index (χ0v) is 16.7. The Balaban J connectivity index is 1.58. The fraction of sp³-hybridized carbons (Fsp3) is 0.412. The second kappa shape index (κ2) is 7.64. The van der Waals surface area contributed by atoms with E-state index in [0.717, 1.165) is 12.3 Å². The van der Waals surface area contributed by atoms with E-state index in [4.69, 9.17) is 24.0 Å². The van der Waals surface area contributed by atoms with Gasteiger partial charge >= 0.3 is 13.5 Å². The van der Waals surface area contributed by atoms with E-state index in [1.807, 2.05) is 0 Å². The van der Waals surface area contributed by atoms with Crippen LogP contribution in [-0.2, 0) is 30.7 Å². The van der Waals surface area contributed by atoms with E-state index in [2.05, 4.69) is 4.98 Å². The molecular formula is C17H19FN3O9P. The van der Waals surface area contributed by atoms with E-state index in [-0.39, 0.29) is 18.2 Å². The van der Waals surface area contributed by atoms with Crippen LogP contribution >= 0.6 is 7.82 Å². The van der Waals surface area contributed by atoms with Crippen molar-refractivity contribution in [2.75, 3.05) is 18.9 Å². The van der Waals surface area contributed by atoms with Crippen LogP contribution in [0.2, 0.25) is 0 Å². The number of nitrogens with two attached hydrogens (primary N) is 1. The number of aliphatic hydroxyl groups excluding tert-OH is 3. The van der Waals surface area contributed by atoms with Gasteiger partial charge in [0, 0.05) is 11.8 Å². The summed E-state index contributed by atoms with van der Waals surface area (Å²) in [6.07, 6.45) is -3.44. The maximum absolute atomic E-state index is 15.5. The van der Waals surface area contributed by atoms with Crippen LogP contribution in [0, 0.1) is 0 Å². The average molecular weight is 459 g/mol. The molecule has 5 atom stereocenters. The highest BCUT2D eigenvalue weighted by molar-refractivity contribution is 7.49. The van der Waals surface area contributed by atoms with Crippen LogP contribution in [0.15, 0.2) is 41.3 Å². The van der Waals surface area contributed by atoms with Crippen molar-refractivity contribution in [3.8, 4) is 5.75 Å². The molecule has 0 amide bonds. The lowest BCUT2D eigenvalue weighted by Crippen LogP contribution is -2.53. The molecule has 0 bridgehead atoms. The van der Waals surface area contributed by atoms with E-state index >= 15 is 4.39 Å². The zero-order valence-electron chi connectivity index (χ0n) is 15.8. The van der Waals surface area contributed by atoms with Gasteiger partial charge in [-0.25, -0.2) is 13.8 Å². The molecule has 0 saturated carbocycles. The fourth-order valence-corrected chi connectivity index (χ4v) is 4.58. The normalized spacial score (nSPS) is 34.8. The minimum atomic E-state index is -4.30. The van der Waals surface area contributed by atoms with Crippen molar-refractivity contribution in [3.63, 3.8) is 0 Å². The van der Waals surface area contributed by atoms with Crippen molar-refractivity contribution in [1.82, 2.24) is 9.55 Å². The first kappa shape index (κ1) is 21.8. The molecule has 1 unspecified atom stereocenters. The molecule has 14 heteroatoms. The summed E-state index contributed by atoms with van der Waals surface area (Å²) in [6.45, 7) is -2.48. The predicted molar refractivity (Wildman–Crippen MR) is 100 cm³/mol. The Hall–Kier alpha value is -2.38. The molecule has 5 N–H and O–H groups in total. The third-order valence-electron chi connectivity index (χ3n) is 4.99. The maximum Gasteiger partial charge on any atom is 0.530 e. The topological polar surface area (TPSA) is 176 Å². The zero-order chi connectivity index (χ0) is 22.4. The molecule has 3 heterocycles. The monoisotopic (exact) mass is 459 g/mol. The first-order chi connectivity index (χ1) is 14.6. The Labute approximate surface area is 174 Å². The Morgan fingerprint density at radius 2 is 2.06 bits per heavy atom. The highest BCUT2D eigenvalue weighted by Crippen LogP contribution is 2.56. The van der Waals surface area contributed by atoms with Crippen LogP contribution < -0.4 is 15.9 Å². The molecule has 1 aromatic carbocycles. The summed E-state index contributed by atoms with van der Waals surface area (Å²) in [5, 5.41) is 30.6. The summed E-state index contributed by atoms with van der Waals surface area (Å²) in [6, 6.07) is 7.67. The minimum Gasteiger partial charge on any atom is -0.404 e. The second-order valence-corrected chi connectivity index (χ2v) is 8.57. The van der Waals surface area contributed by atoms with Gasteiger partial charge in [0.05, 0.1) is 13.2 Å². The third-order valence-corrected chi connectivity index (χ3v) is 6.30. The number of aromatic nitrogens is 2. The SMILES string of the molecule is Nc1ccn([C@]2(CO)O[C@](F)(COP3(=O)OCc4ccccc4O3)[C@@H](O)[C@H]2O)c(=O)n1. The largest absolute Gasteiger partial charge is 0.530 e. The van der Waals surface area contributed by atoms with E-state index in [9.17, 15) is 24.7 Å². The molecule has 0 spiro atoms. The Bertz CT molecular complexity index is 1100. The molecule has 1 fully saturated rings. The number of para-hydroxylation sites is 1. The van der Waals surface area contributed by atoms with Gasteiger partial charge in [-0.2, -0.15) is 4.98 Å². The third kappa shape index (κ3) is 3.64. The lowest BCUT2D eigenvalue weighted by molar-refractivity contribution is -0.254. The van der Waals surface area contributed by atoms with Crippen molar-refractivity contribution < 1.29 is 42.6 Å². The highest BCUT2D eigenvalue weighted by atomic mass is 31.2. The number of nitrogens with zero attached hydrogens (tertiary/aromatic N) is 2. The molecule has 4 rings (SSSR count). The van der Waals surface area contributed by atoms with Crippen LogP contribution in [0.5, 0.6) is 5.75 Å². The minimum absolute atomic E-state index is 0.133. The van der Waals surface area contributed by atoms with Crippen molar-refractivity contribution >= 4 is 13.6 Å². The number of halogens is 1. The molecule has 12 nitrogen and oxygen atoms in total. The Morgan fingerprint density at radius 3 is 2.77 bits per heavy atom. The molecule has 31 heavy (non-hydrogen) atoms. The van der Waals surface area contributed by atoms with Gasteiger partial charge in [-0.05, 0) is 12.1 Å². The fourth-order valence-electron chi connectivity index (χ4n) is 3.35. The van der Waals surface area contributed by atoms with Gasteiger partial charge in [-0.1, -0.05) is 18.2 Å². The van der Waals surface area contributed by atoms with E-state index in [1.165, 1.54) is 6.07 Å². The number of hydrogen-bond donors (Lipinski definition) is 4. The van der Waals surface area contributed by atoms with Crippen LogP contribution in [0.3, 0.4) is 0 Å². The van der Waals surface area contributed by atoms with Gasteiger partial charge in [-0.3, -0.25) is 13.6 Å². The molecule has 0 aliphatic carbocycles. The summed E-state index contributed by atoms with van der Waals surface area (Å²) in [7, 11) is -4.30. The van der Waals surface area contributed by atoms with Crippen molar-refractivity contribution in [2.45, 2.75) is 30.4 Å². The molecule has 2 aromatic rings.